The lowest BCUT2D eigenvalue weighted by Gasteiger charge is -2.26. The SMILES string of the molecule is Cc1cc(N2C(=O)NC(=O)/C(=C\c3cn(Cc4ccc(Cl)c(Cl)c4)c4ccccc34)C2=O)ccc1Br. The summed E-state index contributed by atoms with van der Waals surface area (Å²) < 4.78 is 2.85. The Hall–Kier alpha value is -3.39. The molecule has 1 N–H and O–H groups in total. The molecule has 9 heteroatoms. The Morgan fingerprint density at radius 1 is 0.972 bits per heavy atom. The highest BCUT2D eigenvalue weighted by molar-refractivity contribution is 9.10. The smallest absolute Gasteiger partial charge is 0.335 e. The molecule has 0 spiro atoms. The van der Waals surface area contributed by atoms with Gasteiger partial charge < -0.3 is 4.57 Å². The van der Waals surface area contributed by atoms with Crippen LogP contribution in [-0.2, 0) is 16.1 Å². The van der Waals surface area contributed by atoms with Crippen molar-refractivity contribution in [2.75, 3.05) is 4.90 Å². The Morgan fingerprint density at radius 2 is 1.75 bits per heavy atom. The minimum Gasteiger partial charge on any atom is -0.342 e. The van der Waals surface area contributed by atoms with Crippen LogP contribution in [0.25, 0.3) is 17.0 Å². The molecule has 0 radical (unpaired) electrons. The molecule has 180 valence electrons. The molecule has 5 rings (SSSR count). The molecule has 3 aromatic carbocycles. The third kappa shape index (κ3) is 4.46. The van der Waals surface area contributed by atoms with Gasteiger partial charge in [-0.1, -0.05) is 63.4 Å². The number of carbonyl (C=O) groups excluding carboxylic acids is 3. The summed E-state index contributed by atoms with van der Waals surface area (Å²) in [5.74, 6) is -1.43. The number of aromatic nitrogens is 1. The predicted molar refractivity (Wildman–Crippen MR) is 145 cm³/mol. The maximum absolute atomic E-state index is 13.4. The molecule has 1 aliphatic rings. The predicted octanol–water partition coefficient (Wildman–Crippen LogP) is 6.73. The van der Waals surface area contributed by atoms with Crippen LogP contribution in [0.4, 0.5) is 10.5 Å². The molecule has 1 aliphatic heterocycles. The van der Waals surface area contributed by atoms with Crippen LogP contribution in [0, 0.1) is 6.92 Å². The van der Waals surface area contributed by atoms with E-state index in [1.54, 1.807) is 30.3 Å². The van der Waals surface area contributed by atoms with Gasteiger partial charge in [0.05, 0.1) is 15.7 Å². The Morgan fingerprint density at radius 3 is 2.50 bits per heavy atom. The highest BCUT2D eigenvalue weighted by atomic mass is 79.9. The number of aryl methyl sites for hydroxylation is 1. The van der Waals surface area contributed by atoms with Gasteiger partial charge >= 0.3 is 6.03 Å². The van der Waals surface area contributed by atoms with Crippen LogP contribution in [-0.4, -0.2) is 22.4 Å². The van der Waals surface area contributed by atoms with Crippen molar-refractivity contribution in [2.24, 2.45) is 0 Å². The van der Waals surface area contributed by atoms with E-state index in [0.29, 0.717) is 27.8 Å². The summed E-state index contributed by atoms with van der Waals surface area (Å²) in [5, 5.41) is 4.08. The first-order valence-electron chi connectivity index (χ1n) is 10.9. The fraction of sp³-hybridized carbons (Fsp3) is 0.0741. The van der Waals surface area contributed by atoms with Crippen molar-refractivity contribution < 1.29 is 14.4 Å². The average molecular weight is 583 g/mol. The van der Waals surface area contributed by atoms with E-state index >= 15 is 0 Å². The minimum absolute atomic E-state index is 0.132. The fourth-order valence-corrected chi connectivity index (χ4v) is 4.74. The van der Waals surface area contributed by atoms with E-state index in [1.807, 2.05) is 48.0 Å². The van der Waals surface area contributed by atoms with Gasteiger partial charge in [-0.25, -0.2) is 9.69 Å². The number of carbonyl (C=O) groups is 3. The third-order valence-corrected chi connectivity index (χ3v) is 7.59. The zero-order valence-corrected chi connectivity index (χ0v) is 22.0. The number of hydrogen-bond acceptors (Lipinski definition) is 3. The normalized spacial score (nSPS) is 15.2. The van der Waals surface area contributed by atoms with Gasteiger partial charge in [0, 0.05) is 33.7 Å². The molecule has 36 heavy (non-hydrogen) atoms. The van der Waals surface area contributed by atoms with Gasteiger partial charge in [0.25, 0.3) is 11.8 Å². The van der Waals surface area contributed by atoms with Gasteiger partial charge in [-0.05, 0) is 60.5 Å². The lowest BCUT2D eigenvalue weighted by molar-refractivity contribution is -0.122. The quantitative estimate of drug-likeness (QED) is 0.214. The van der Waals surface area contributed by atoms with E-state index in [0.717, 1.165) is 31.4 Å². The summed E-state index contributed by atoms with van der Waals surface area (Å²) in [6, 6.07) is 17.4. The second-order valence-corrected chi connectivity index (χ2v) is 10.0. The number of benzene rings is 3. The molecule has 1 saturated heterocycles. The van der Waals surface area contributed by atoms with Crippen molar-refractivity contribution in [2.45, 2.75) is 13.5 Å². The molecule has 2 heterocycles. The van der Waals surface area contributed by atoms with Crippen molar-refractivity contribution in [1.82, 2.24) is 9.88 Å². The highest BCUT2D eigenvalue weighted by Gasteiger charge is 2.37. The zero-order valence-electron chi connectivity index (χ0n) is 18.9. The van der Waals surface area contributed by atoms with E-state index in [-0.39, 0.29) is 5.57 Å². The topological polar surface area (TPSA) is 71.4 Å². The van der Waals surface area contributed by atoms with Crippen molar-refractivity contribution >= 4 is 79.6 Å². The van der Waals surface area contributed by atoms with Crippen LogP contribution < -0.4 is 10.2 Å². The molecule has 6 nitrogen and oxygen atoms in total. The molecule has 4 aromatic rings. The number of rotatable bonds is 4. The number of barbiturate groups is 1. The van der Waals surface area contributed by atoms with Gasteiger partial charge in [-0.2, -0.15) is 0 Å². The second kappa shape index (κ2) is 9.58. The Bertz CT molecular complexity index is 1610. The molecular formula is C27H18BrCl2N3O3. The molecule has 0 unspecified atom stereocenters. The van der Waals surface area contributed by atoms with Gasteiger partial charge in [0.15, 0.2) is 0 Å². The van der Waals surface area contributed by atoms with Crippen LogP contribution in [0.15, 0.2) is 76.9 Å². The number of urea groups is 1. The Kier molecular flexibility index (Phi) is 6.47. The molecular weight excluding hydrogens is 565 g/mol. The molecule has 0 saturated carbocycles. The minimum atomic E-state index is -0.786. The van der Waals surface area contributed by atoms with E-state index in [1.165, 1.54) is 6.08 Å². The molecule has 1 aromatic heterocycles. The van der Waals surface area contributed by atoms with Gasteiger partial charge in [0.1, 0.15) is 5.57 Å². The number of para-hydroxylation sites is 1. The number of fused-ring (bicyclic) bond motifs is 1. The van der Waals surface area contributed by atoms with E-state index in [4.69, 9.17) is 23.2 Å². The first kappa shape index (κ1) is 24.3. The molecule has 1 fully saturated rings. The van der Waals surface area contributed by atoms with Gasteiger partial charge in [-0.15, -0.1) is 0 Å². The highest BCUT2D eigenvalue weighted by Crippen LogP contribution is 2.30. The van der Waals surface area contributed by atoms with Crippen LogP contribution in [0.5, 0.6) is 0 Å². The first-order valence-corrected chi connectivity index (χ1v) is 12.5. The van der Waals surface area contributed by atoms with Crippen molar-refractivity contribution in [3.63, 3.8) is 0 Å². The number of amides is 4. The molecule has 0 bridgehead atoms. The van der Waals surface area contributed by atoms with Crippen molar-refractivity contribution in [3.8, 4) is 0 Å². The Labute approximate surface area is 225 Å². The summed E-state index contributed by atoms with van der Waals surface area (Å²) >= 11 is 15.7. The lowest BCUT2D eigenvalue weighted by atomic mass is 10.1. The summed E-state index contributed by atoms with van der Waals surface area (Å²) in [6.45, 7) is 2.36. The zero-order chi connectivity index (χ0) is 25.6. The lowest BCUT2D eigenvalue weighted by Crippen LogP contribution is -2.54. The number of nitrogens with one attached hydrogen (secondary N) is 1. The summed E-state index contributed by atoms with van der Waals surface area (Å²) in [5.41, 5.74) is 3.62. The number of imide groups is 2. The molecule has 0 atom stereocenters. The van der Waals surface area contributed by atoms with Crippen LogP contribution >= 0.6 is 39.1 Å². The average Bonchev–Trinajstić information content (AvgIpc) is 3.18. The maximum atomic E-state index is 13.4. The standard InChI is InChI=1S/C27H18BrCl2N3O3/c1-15-10-18(7-8-21(15)28)33-26(35)20(25(34)31-27(33)36)12-17-14-32(24-5-3-2-4-19(17)24)13-16-6-9-22(29)23(30)11-16/h2-12,14H,13H2,1H3,(H,31,34,36)/b20-12+. The van der Waals surface area contributed by atoms with E-state index in [9.17, 15) is 14.4 Å². The van der Waals surface area contributed by atoms with Crippen molar-refractivity contribution in [1.29, 1.82) is 0 Å². The second-order valence-electron chi connectivity index (χ2n) is 8.37. The van der Waals surface area contributed by atoms with Gasteiger partial charge in [-0.3, -0.25) is 14.9 Å². The maximum Gasteiger partial charge on any atom is 0.335 e. The first-order chi connectivity index (χ1) is 17.2. The van der Waals surface area contributed by atoms with E-state index < -0.39 is 17.8 Å². The summed E-state index contributed by atoms with van der Waals surface area (Å²) in [6.07, 6.45) is 3.39. The van der Waals surface area contributed by atoms with Crippen LogP contribution in [0.1, 0.15) is 16.7 Å². The van der Waals surface area contributed by atoms with E-state index in [2.05, 4.69) is 21.2 Å². The van der Waals surface area contributed by atoms with Crippen molar-refractivity contribution in [3.05, 3.63) is 104 Å². The monoisotopic (exact) mass is 581 g/mol. The summed E-state index contributed by atoms with van der Waals surface area (Å²) in [4.78, 5) is 39.7. The van der Waals surface area contributed by atoms with Crippen LogP contribution in [0.3, 0.4) is 0 Å². The fourth-order valence-electron chi connectivity index (χ4n) is 4.17. The molecule has 4 amide bonds. The number of halogens is 3. The van der Waals surface area contributed by atoms with Gasteiger partial charge in [0.2, 0.25) is 0 Å². The molecule has 0 aliphatic carbocycles. The Balaban J connectivity index is 1.56. The number of hydrogen-bond donors (Lipinski definition) is 1. The number of anilines is 1. The summed E-state index contributed by atoms with van der Waals surface area (Å²) in [7, 11) is 0. The third-order valence-electron chi connectivity index (χ3n) is 5.96. The number of nitrogens with zero attached hydrogens (tertiary/aromatic N) is 2. The largest absolute Gasteiger partial charge is 0.342 e. The van der Waals surface area contributed by atoms with Crippen LogP contribution in [0.2, 0.25) is 10.0 Å².